The van der Waals surface area contributed by atoms with Gasteiger partial charge in [-0.05, 0) is 49.4 Å². The van der Waals surface area contributed by atoms with Gasteiger partial charge in [0.15, 0.2) is 5.82 Å². The van der Waals surface area contributed by atoms with E-state index in [1.165, 1.54) is 0 Å². The van der Waals surface area contributed by atoms with Crippen LogP contribution in [0.25, 0.3) is 17.2 Å². The number of nitrogens with one attached hydrogen (secondary N) is 1. The minimum absolute atomic E-state index is 0.630. The van der Waals surface area contributed by atoms with Gasteiger partial charge in [0.25, 0.3) is 0 Å². The lowest BCUT2D eigenvalue weighted by Gasteiger charge is -2.07. The lowest BCUT2D eigenvalue weighted by molar-refractivity contribution is 1.10. The Balaban J connectivity index is 1.74. The van der Waals surface area contributed by atoms with Crippen molar-refractivity contribution in [2.24, 2.45) is 0 Å². The third kappa shape index (κ3) is 2.70. The standard InChI is InChI=1S/C18H14ClN5/c1-12-17(24-11-3-2-4-16(24)21-12)18-20-10-9-15(23-18)22-14-7-5-13(19)6-8-14/h2-11H,1H3,(H,20,22,23). The summed E-state index contributed by atoms with van der Waals surface area (Å²) in [5.41, 5.74) is 3.58. The highest BCUT2D eigenvalue weighted by atomic mass is 35.5. The summed E-state index contributed by atoms with van der Waals surface area (Å²) < 4.78 is 2.00. The molecule has 6 heteroatoms. The van der Waals surface area contributed by atoms with Crippen molar-refractivity contribution in [1.82, 2.24) is 19.4 Å². The Morgan fingerprint density at radius 3 is 2.67 bits per heavy atom. The number of aryl methyl sites for hydroxylation is 1. The Kier molecular flexibility index (Phi) is 3.63. The molecule has 3 heterocycles. The van der Waals surface area contributed by atoms with Crippen LogP contribution in [0, 0.1) is 6.92 Å². The van der Waals surface area contributed by atoms with Crippen molar-refractivity contribution in [3.63, 3.8) is 0 Å². The van der Waals surface area contributed by atoms with Gasteiger partial charge in [0, 0.05) is 23.1 Å². The van der Waals surface area contributed by atoms with E-state index in [9.17, 15) is 0 Å². The molecule has 4 rings (SSSR count). The summed E-state index contributed by atoms with van der Waals surface area (Å²) in [6.07, 6.45) is 3.70. The number of fused-ring (bicyclic) bond motifs is 1. The number of imidazole rings is 1. The van der Waals surface area contributed by atoms with Crippen molar-refractivity contribution < 1.29 is 0 Å². The number of aromatic nitrogens is 4. The predicted octanol–water partition coefficient (Wildman–Crippen LogP) is 4.50. The third-order valence-corrected chi connectivity index (χ3v) is 3.94. The van der Waals surface area contributed by atoms with Crippen LogP contribution >= 0.6 is 11.6 Å². The molecule has 0 aliphatic heterocycles. The van der Waals surface area contributed by atoms with Gasteiger partial charge in [0.1, 0.15) is 17.2 Å². The van der Waals surface area contributed by atoms with E-state index in [-0.39, 0.29) is 0 Å². The summed E-state index contributed by atoms with van der Waals surface area (Å²) in [6, 6.07) is 15.2. The van der Waals surface area contributed by atoms with Crippen molar-refractivity contribution in [3.05, 3.63) is 71.6 Å². The number of hydrogen-bond donors (Lipinski definition) is 1. The fourth-order valence-electron chi connectivity index (χ4n) is 2.61. The first-order chi connectivity index (χ1) is 11.7. The van der Waals surface area contributed by atoms with Gasteiger partial charge < -0.3 is 5.32 Å². The summed E-state index contributed by atoms with van der Waals surface area (Å²) in [5.74, 6) is 1.35. The average Bonchev–Trinajstić information content (AvgIpc) is 2.93. The van der Waals surface area contributed by atoms with Gasteiger partial charge in [-0.15, -0.1) is 0 Å². The van der Waals surface area contributed by atoms with Gasteiger partial charge in [-0.25, -0.2) is 15.0 Å². The summed E-state index contributed by atoms with van der Waals surface area (Å²) in [4.78, 5) is 13.6. The second-order valence-electron chi connectivity index (χ2n) is 5.37. The van der Waals surface area contributed by atoms with Crippen molar-refractivity contribution >= 4 is 28.8 Å². The zero-order valence-electron chi connectivity index (χ0n) is 12.9. The highest BCUT2D eigenvalue weighted by Crippen LogP contribution is 2.23. The Labute approximate surface area is 144 Å². The van der Waals surface area contributed by atoms with Crippen molar-refractivity contribution in [1.29, 1.82) is 0 Å². The van der Waals surface area contributed by atoms with E-state index in [1.54, 1.807) is 6.20 Å². The molecule has 0 bridgehead atoms. The molecule has 0 saturated carbocycles. The van der Waals surface area contributed by atoms with Crippen LogP contribution in [0.1, 0.15) is 5.69 Å². The largest absolute Gasteiger partial charge is 0.340 e. The number of pyridine rings is 1. The van der Waals surface area contributed by atoms with E-state index < -0.39 is 0 Å². The normalized spacial score (nSPS) is 10.9. The van der Waals surface area contributed by atoms with E-state index in [2.05, 4.69) is 20.3 Å². The first-order valence-corrected chi connectivity index (χ1v) is 7.88. The molecule has 0 radical (unpaired) electrons. The number of hydrogen-bond acceptors (Lipinski definition) is 4. The van der Waals surface area contributed by atoms with Crippen LogP contribution in [0.4, 0.5) is 11.5 Å². The lowest BCUT2D eigenvalue weighted by Crippen LogP contribution is -1.99. The number of benzene rings is 1. The molecule has 0 unspecified atom stereocenters. The van der Waals surface area contributed by atoms with Crippen LogP contribution in [0.15, 0.2) is 60.9 Å². The maximum absolute atomic E-state index is 5.92. The smallest absolute Gasteiger partial charge is 0.180 e. The van der Waals surface area contributed by atoms with Crippen LogP contribution in [-0.4, -0.2) is 19.4 Å². The number of nitrogens with zero attached hydrogens (tertiary/aromatic N) is 4. The van der Waals surface area contributed by atoms with Gasteiger partial charge in [-0.3, -0.25) is 4.40 Å². The lowest BCUT2D eigenvalue weighted by atomic mass is 10.3. The second kappa shape index (κ2) is 5.94. The Morgan fingerprint density at radius 1 is 1.00 bits per heavy atom. The van der Waals surface area contributed by atoms with Crippen LogP contribution in [0.3, 0.4) is 0 Å². The summed E-state index contributed by atoms with van der Waals surface area (Å²) >= 11 is 5.92. The third-order valence-electron chi connectivity index (χ3n) is 3.69. The summed E-state index contributed by atoms with van der Waals surface area (Å²) in [5, 5.41) is 3.96. The monoisotopic (exact) mass is 335 g/mol. The highest BCUT2D eigenvalue weighted by Gasteiger charge is 2.13. The van der Waals surface area contributed by atoms with Gasteiger partial charge in [0.05, 0.1) is 5.69 Å². The topological polar surface area (TPSA) is 55.1 Å². The van der Waals surface area contributed by atoms with Gasteiger partial charge in [-0.2, -0.15) is 0 Å². The Bertz CT molecular complexity index is 1010. The van der Waals surface area contributed by atoms with Crippen molar-refractivity contribution in [2.45, 2.75) is 6.92 Å². The molecule has 0 aliphatic carbocycles. The summed E-state index contributed by atoms with van der Waals surface area (Å²) in [6.45, 7) is 1.96. The van der Waals surface area contributed by atoms with Crippen LogP contribution in [0.5, 0.6) is 0 Å². The molecule has 0 spiro atoms. The van der Waals surface area contributed by atoms with Crippen LogP contribution in [-0.2, 0) is 0 Å². The van der Waals surface area contributed by atoms with Crippen LogP contribution < -0.4 is 5.32 Å². The SMILES string of the molecule is Cc1nc2ccccn2c1-c1nccc(Nc2ccc(Cl)cc2)n1. The molecule has 0 aliphatic rings. The maximum Gasteiger partial charge on any atom is 0.180 e. The molecular weight excluding hydrogens is 322 g/mol. The van der Waals surface area contributed by atoms with Crippen LogP contribution in [0.2, 0.25) is 5.02 Å². The van der Waals surface area contributed by atoms with Gasteiger partial charge in [0.2, 0.25) is 0 Å². The zero-order chi connectivity index (χ0) is 16.5. The van der Waals surface area contributed by atoms with E-state index in [0.29, 0.717) is 16.7 Å². The van der Waals surface area contributed by atoms with E-state index in [1.807, 2.05) is 66.1 Å². The van der Waals surface area contributed by atoms with Crippen molar-refractivity contribution in [3.8, 4) is 11.5 Å². The molecule has 118 valence electrons. The molecular formula is C18H14ClN5. The molecule has 0 amide bonds. The number of anilines is 2. The maximum atomic E-state index is 5.92. The fourth-order valence-corrected chi connectivity index (χ4v) is 2.73. The molecule has 0 atom stereocenters. The zero-order valence-corrected chi connectivity index (χ0v) is 13.7. The first kappa shape index (κ1) is 14.7. The van der Waals surface area contributed by atoms with Crippen molar-refractivity contribution in [2.75, 3.05) is 5.32 Å². The van der Waals surface area contributed by atoms with Gasteiger partial charge in [-0.1, -0.05) is 17.7 Å². The molecule has 0 fully saturated rings. The van der Waals surface area contributed by atoms with E-state index >= 15 is 0 Å². The molecule has 0 saturated heterocycles. The molecule has 24 heavy (non-hydrogen) atoms. The molecule has 1 aromatic carbocycles. The Morgan fingerprint density at radius 2 is 1.83 bits per heavy atom. The van der Waals surface area contributed by atoms with E-state index in [4.69, 9.17) is 11.6 Å². The number of halogens is 1. The minimum atomic E-state index is 0.630. The average molecular weight is 336 g/mol. The van der Waals surface area contributed by atoms with Gasteiger partial charge >= 0.3 is 0 Å². The fraction of sp³-hybridized carbons (Fsp3) is 0.0556. The second-order valence-corrected chi connectivity index (χ2v) is 5.81. The minimum Gasteiger partial charge on any atom is -0.340 e. The molecule has 5 nitrogen and oxygen atoms in total. The predicted molar refractivity (Wildman–Crippen MR) is 95.7 cm³/mol. The number of rotatable bonds is 3. The molecule has 4 aromatic rings. The summed E-state index contributed by atoms with van der Waals surface area (Å²) in [7, 11) is 0. The molecule has 3 aromatic heterocycles. The molecule has 1 N–H and O–H groups in total. The van der Waals surface area contributed by atoms with E-state index in [0.717, 1.165) is 22.7 Å². The quantitative estimate of drug-likeness (QED) is 0.599. The first-order valence-electron chi connectivity index (χ1n) is 7.50. The highest BCUT2D eigenvalue weighted by molar-refractivity contribution is 6.30. The Hall–Kier alpha value is -2.92.